The van der Waals surface area contributed by atoms with Crippen LogP contribution in [0.5, 0.6) is 0 Å². The number of hydrogen-bond donors (Lipinski definition) is 0. The van der Waals surface area contributed by atoms with E-state index in [4.69, 9.17) is 19.9 Å². The van der Waals surface area contributed by atoms with Gasteiger partial charge in [-0.2, -0.15) is 0 Å². The molecule has 0 N–H and O–H groups in total. The Labute approximate surface area is 725 Å². The molecule has 4 nitrogen and oxygen atoms in total. The van der Waals surface area contributed by atoms with E-state index in [-0.39, 0.29) is 14.9 Å². The molecular weight excluding hydrogens is 1500 g/mol. The first-order chi connectivity index (χ1) is 60.5. The molecule has 0 bridgehead atoms. The van der Waals surface area contributed by atoms with Gasteiger partial charge >= 0.3 is 0 Å². The van der Waals surface area contributed by atoms with Crippen LogP contribution >= 0.6 is 0 Å². The summed E-state index contributed by atoms with van der Waals surface area (Å²) < 4.78 is 0. The van der Waals surface area contributed by atoms with E-state index in [1.807, 2.05) is 0 Å². The average molecular weight is 1580 g/mol. The molecule has 4 heteroatoms. The Morgan fingerprint density at radius 1 is 0.129 bits per heavy atom. The summed E-state index contributed by atoms with van der Waals surface area (Å²) in [4.78, 5) is 22.0. The molecule has 2 heterocycles. The Hall–Kier alpha value is -15.9. The van der Waals surface area contributed by atoms with E-state index >= 15 is 0 Å². The molecule has 0 radical (unpaired) electrons. The van der Waals surface area contributed by atoms with Crippen LogP contribution in [0.15, 0.2) is 461 Å². The van der Waals surface area contributed by atoms with Crippen LogP contribution in [-0.2, 0) is 10.8 Å². The van der Waals surface area contributed by atoms with Gasteiger partial charge in [0.15, 0.2) is 11.6 Å². The van der Waals surface area contributed by atoms with Crippen LogP contribution in [-0.4, -0.2) is 19.9 Å². The second-order valence-electron chi connectivity index (χ2n) is 32.0. The average Bonchev–Trinajstić information content (AvgIpc) is 1.52. The molecule has 584 valence electrons. The first kappa shape index (κ1) is 75.6. The molecule has 24 rings (SSSR count). The third-order valence-electron chi connectivity index (χ3n) is 25.6. The van der Waals surface area contributed by atoms with E-state index in [1.54, 1.807) is 0 Å². The fourth-order valence-electron chi connectivity index (χ4n) is 20.3. The van der Waals surface area contributed by atoms with Crippen molar-refractivity contribution in [1.29, 1.82) is 0 Å². The molecule has 0 atom stereocenters. The molecule has 20 aromatic rings. The Balaban J connectivity index is 0.000000150. The lowest BCUT2D eigenvalue weighted by Gasteiger charge is -2.35. The maximum atomic E-state index is 5.56. The summed E-state index contributed by atoms with van der Waals surface area (Å²) in [5.74, 6) is 1.40. The van der Waals surface area contributed by atoms with Crippen LogP contribution in [0, 0.1) is 0 Å². The number of hydrogen-bond acceptors (Lipinski definition) is 4. The van der Waals surface area contributed by atoms with Gasteiger partial charge in [-0.15, -0.1) is 0 Å². The van der Waals surface area contributed by atoms with Gasteiger partial charge in [0, 0.05) is 33.4 Å². The van der Waals surface area contributed by atoms with Gasteiger partial charge in [0.2, 0.25) is 0 Å². The van der Waals surface area contributed by atoms with Crippen molar-refractivity contribution in [3.05, 3.63) is 506 Å². The van der Waals surface area contributed by atoms with Gasteiger partial charge in [0.1, 0.15) is 0 Å². The predicted molar refractivity (Wildman–Crippen MR) is 515 cm³/mol. The second kappa shape index (κ2) is 31.4. The molecule has 0 fully saturated rings. The molecule has 4 aliphatic rings. The van der Waals surface area contributed by atoms with E-state index in [0.717, 1.165) is 67.3 Å². The molecule has 0 saturated carbocycles. The molecular formula is C120H84N4. The summed E-state index contributed by atoms with van der Waals surface area (Å²) in [6.07, 6.45) is 0. The number of benzene rings is 18. The minimum absolute atomic E-state index is 0. The second-order valence-corrected chi connectivity index (χ2v) is 32.0. The maximum absolute atomic E-state index is 5.56. The maximum Gasteiger partial charge on any atom is 0.161 e. The standard InChI is InChI=1S/2C59H38N2.2CH4/c1-3-18-39(19-4-1)40-34-36-42(37-35-40)55-38-56(48-27-10-7-22-43(48)41-20-5-2-6-21-41)61-58(60-55)50-29-17-33-54-57(50)49-28-13-16-32-53(49)59(54)51-30-14-11-25-46(51)44-23-8-9-24-45(44)47-26-12-15-31-52(47)59;1-3-16-39(17-4-1)41-30-34-43(35-31-41)55-38-56(44-36-32-42(33-37-44)40-18-5-2-6-19-40)61-58(60-55)50-25-15-29-54-57(50)49-24-11-14-28-53(49)59(54)51-26-12-9-22-47(51)45-20-7-8-21-46(45)48-23-10-13-27-52(48)59;;/h2*1-38H;2*1H4. The molecule has 2 aromatic heterocycles. The minimum Gasteiger partial charge on any atom is -0.228 e. The number of aromatic nitrogens is 4. The predicted octanol–water partition coefficient (Wildman–Crippen LogP) is 30.9. The van der Waals surface area contributed by atoms with Crippen LogP contribution in [0.25, 0.3) is 179 Å². The Morgan fingerprint density at radius 3 is 0.645 bits per heavy atom. The van der Waals surface area contributed by atoms with Gasteiger partial charge < -0.3 is 0 Å². The van der Waals surface area contributed by atoms with Crippen molar-refractivity contribution in [2.75, 3.05) is 0 Å². The van der Waals surface area contributed by atoms with Crippen molar-refractivity contribution in [2.24, 2.45) is 0 Å². The minimum atomic E-state index is -0.595. The highest BCUT2D eigenvalue weighted by molar-refractivity contribution is 6.03. The van der Waals surface area contributed by atoms with Crippen LogP contribution in [0.3, 0.4) is 0 Å². The number of rotatable bonds is 10. The Bertz CT molecular complexity index is 7230. The zero-order chi connectivity index (χ0) is 80.7. The van der Waals surface area contributed by atoms with Crippen molar-refractivity contribution in [3.8, 4) is 179 Å². The first-order valence-corrected chi connectivity index (χ1v) is 42.0. The fraction of sp³-hybridized carbons (Fsp3) is 0.0333. The van der Waals surface area contributed by atoms with Crippen LogP contribution < -0.4 is 0 Å². The summed E-state index contributed by atoms with van der Waals surface area (Å²) >= 11 is 0. The van der Waals surface area contributed by atoms with Gasteiger partial charge in [-0.05, 0) is 168 Å². The van der Waals surface area contributed by atoms with Gasteiger partial charge in [0.05, 0.1) is 33.6 Å². The third-order valence-corrected chi connectivity index (χ3v) is 25.6. The number of nitrogens with zero attached hydrogens (tertiary/aromatic N) is 4. The molecule has 0 saturated heterocycles. The van der Waals surface area contributed by atoms with E-state index in [1.165, 1.54) is 145 Å². The van der Waals surface area contributed by atoms with Crippen molar-refractivity contribution >= 4 is 0 Å². The van der Waals surface area contributed by atoms with Crippen molar-refractivity contribution < 1.29 is 0 Å². The summed E-state index contributed by atoms with van der Waals surface area (Å²) in [5, 5.41) is 0. The van der Waals surface area contributed by atoms with Gasteiger partial charge in [-0.25, -0.2) is 19.9 Å². The lowest BCUT2D eigenvalue weighted by Crippen LogP contribution is -2.29. The molecule has 124 heavy (non-hydrogen) atoms. The highest BCUT2D eigenvalue weighted by atomic mass is 14.9. The molecule has 0 unspecified atom stereocenters. The molecule has 0 aliphatic heterocycles. The monoisotopic (exact) mass is 1580 g/mol. The largest absolute Gasteiger partial charge is 0.228 e. The smallest absolute Gasteiger partial charge is 0.161 e. The summed E-state index contributed by atoms with van der Waals surface area (Å²) in [7, 11) is 0. The quantitative estimate of drug-likeness (QED) is 0.137. The van der Waals surface area contributed by atoms with E-state index in [2.05, 4.69) is 461 Å². The number of fused-ring (bicyclic) bond motifs is 24. The zero-order valence-corrected chi connectivity index (χ0v) is 66.7. The molecule has 2 spiro atoms. The van der Waals surface area contributed by atoms with Crippen LogP contribution in [0.1, 0.15) is 59.4 Å². The van der Waals surface area contributed by atoms with E-state index < -0.39 is 10.8 Å². The van der Waals surface area contributed by atoms with Crippen LogP contribution in [0.2, 0.25) is 0 Å². The van der Waals surface area contributed by atoms with Crippen molar-refractivity contribution in [1.82, 2.24) is 19.9 Å². The first-order valence-electron chi connectivity index (χ1n) is 42.0. The van der Waals surface area contributed by atoms with Crippen LogP contribution in [0.4, 0.5) is 0 Å². The fourth-order valence-corrected chi connectivity index (χ4v) is 20.3. The third kappa shape index (κ3) is 12.3. The SMILES string of the molecule is C.C.c1ccc(-c2ccc(-c3cc(-c4ccc(-c5ccccc5)cc4)nc(-c4cccc5c4-c4ccccc4C54c5ccccc5-c5ccccc5-c5ccccc54)n3)cc2)cc1.c1ccc(-c2ccc(-c3cc(-c4ccccc4-c4ccccc4)nc(-c4cccc5c4-c4ccccc4C54c5ccccc5-c5ccccc5-c5ccccc54)n3)cc2)cc1. The highest BCUT2D eigenvalue weighted by Gasteiger charge is 2.52. The summed E-state index contributed by atoms with van der Waals surface area (Å²) in [6, 6.07) is 167. The van der Waals surface area contributed by atoms with Gasteiger partial charge in [-0.1, -0.05) is 464 Å². The molecule has 18 aromatic carbocycles. The van der Waals surface area contributed by atoms with E-state index in [0.29, 0.717) is 11.6 Å². The lowest BCUT2D eigenvalue weighted by atomic mass is 9.66. The molecule has 4 aliphatic carbocycles. The lowest BCUT2D eigenvalue weighted by molar-refractivity contribution is 0.775. The topological polar surface area (TPSA) is 51.6 Å². The van der Waals surface area contributed by atoms with Gasteiger partial charge in [-0.3, -0.25) is 0 Å². The van der Waals surface area contributed by atoms with Crippen molar-refractivity contribution in [2.45, 2.75) is 25.7 Å². The summed E-state index contributed by atoms with van der Waals surface area (Å²) in [6.45, 7) is 0. The Morgan fingerprint density at radius 2 is 0.331 bits per heavy atom. The highest BCUT2D eigenvalue weighted by Crippen LogP contribution is 2.65. The summed E-state index contributed by atoms with van der Waals surface area (Å²) in [5.41, 5.74) is 42.8. The molecule has 0 amide bonds. The van der Waals surface area contributed by atoms with Crippen molar-refractivity contribution in [3.63, 3.8) is 0 Å². The normalized spacial score (nSPS) is 12.5. The zero-order valence-electron chi connectivity index (χ0n) is 66.7. The Kier molecular flexibility index (Phi) is 19.1. The van der Waals surface area contributed by atoms with Gasteiger partial charge in [0.25, 0.3) is 0 Å². The van der Waals surface area contributed by atoms with E-state index in [9.17, 15) is 0 Å².